The number of hydrogen-bond acceptors (Lipinski definition) is 2. The third kappa shape index (κ3) is 2.60. The van der Waals surface area contributed by atoms with E-state index < -0.39 is 0 Å². The van der Waals surface area contributed by atoms with E-state index in [9.17, 15) is 4.79 Å². The molecule has 1 heterocycles. The van der Waals surface area contributed by atoms with E-state index in [0.29, 0.717) is 11.4 Å². The van der Waals surface area contributed by atoms with Gasteiger partial charge in [0.05, 0.1) is 11.9 Å². The van der Waals surface area contributed by atoms with Gasteiger partial charge >= 0.3 is 0 Å². The lowest BCUT2D eigenvalue weighted by atomic mass is 10.1. The van der Waals surface area contributed by atoms with Crippen LogP contribution in [-0.2, 0) is 6.42 Å². The van der Waals surface area contributed by atoms with Crippen molar-refractivity contribution in [2.45, 2.75) is 6.42 Å². The lowest BCUT2D eigenvalue weighted by Gasteiger charge is -2.00. The van der Waals surface area contributed by atoms with Crippen molar-refractivity contribution >= 4 is 23.5 Å². The Bertz CT molecular complexity index is 923. The van der Waals surface area contributed by atoms with Crippen molar-refractivity contribution in [2.75, 3.05) is 0 Å². The SMILES string of the molecule is O=C1/C(=C\c2cnn(-c3ccc(Cl)cc3)c2)Cc2ccccc21. The normalized spacial score (nSPS) is 15.2. The molecule has 4 rings (SSSR count). The molecule has 0 atom stereocenters. The predicted molar refractivity (Wildman–Crippen MR) is 91.0 cm³/mol. The molecule has 2 aromatic carbocycles. The molecule has 0 saturated heterocycles. The molecule has 0 unspecified atom stereocenters. The molecule has 23 heavy (non-hydrogen) atoms. The van der Waals surface area contributed by atoms with E-state index in [0.717, 1.165) is 28.0 Å². The van der Waals surface area contributed by atoms with Gasteiger partial charge < -0.3 is 0 Å². The maximum atomic E-state index is 12.4. The summed E-state index contributed by atoms with van der Waals surface area (Å²) in [7, 11) is 0. The van der Waals surface area contributed by atoms with Gasteiger partial charge in [0.15, 0.2) is 5.78 Å². The Hall–Kier alpha value is -2.65. The number of carbonyl (C=O) groups is 1. The Kier molecular flexibility index (Phi) is 3.36. The molecule has 0 spiro atoms. The minimum Gasteiger partial charge on any atom is -0.289 e. The van der Waals surface area contributed by atoms with Crippen molar-refractivity contribution in [2.24, 2.45) is 0 Å². The smallest absolute Gasteiger partial charge is 0.189 e. The average Bonchev–Trinajstić information content (AvgIpc) is 3.15. The molecule has 1 aliphatic rings. The molecule has 1 aromatic heterocycles. The molecule has 0 N–H and O–H groups in total. The molecule has 0 radical (unpaired) electrons. The van der Waals surface area contributed by atoms with Gasteiger partial charge in [-0.2, -0.15) is 5.10 Å². The number of hydrogen-bond donors (Lipinski definition) is 0. The zero-order valence-electron chi connectivity index (χ0n) is 12.2. The zero-order valence-corrected chi connectivity index (χ0v) is 13.0. The summed E-state index contributed by atoms with van der Waals surface area (Å²) < 4.78 is 1.77. The monoisotopic (exact) mass is 320 g/mol. The van der Waals surface area contributed by atoms with E-state index in [4.69, 9.17) is 11.6 Å². The first-order valence-electron chi connectivity index (χ1n) is 7.34. The zero-order chi connectivity index (χ0) is 15.8. The van der Waals surface area contributed by atoms with E-state index in [-0.39, 0.29) is 5.78 Å². The highest BCUT2D eigenvalue weighted by Crippen LogP contribution is 2.27. The third-order valence-corrected chi connectivity index (χ3v) is 4.22. The topological polar surface area (TPSA) is 34.9 Å². The molecule has 0 saturated carbocycles. The van der Waals surface area contributed by atoms with E-state index in [1.165, 1.54) is 0 Å². The summed E-state index contributed by atoms with van der Waals surface area (Å²) in [6.07, 6.45) is 6.27. The second-order valence-corrected chi connectivity index (χ2v) is 5.96. The highest BCUT2D eigenvalue weighted by molar-refractivity contribution is 6.30. The Morgan fingerprint density at radius 1 is 1.09 bits per heavy atom. The molecule has 0 amide bonds. The number of ketones is 1. The number of fused-ring (bicyclic) bond motifs is 1. The number of Topliss-reactive ketones (excluding diaryl/α,β-unsaturated/α-hetero) is 1. The molecular weight excluding hydrogens is 308 g/mol. The van der Waals surface area contributed by atoms with Crippen LogP contribution in [0.15, 0.2) is 66.5 Å². The van der Waals surface area contributed by atoms with Crippen LogP contribution in [0.25, 0.3) is 11.8 Å². The minimum atomic E-state index is 0.111. The summed E-state index contributed by atoms with van der Waals surface area (Å²) in [5.41, 5.74) is 4.55. The van der Waals surface area contributed by atoms with Crippen LogP contribution in [0, 0.1) is 0 Å². The van der Waals surface area contributed by atoms with Crippen molar-refractivity contribution in [3.05, 3.63) is 88.2 Å². The number of benzene rings is 2. The molecule has 0 bridgehead atoms. The van der Waals surface area contributed by atoms with Crippen LogP contribution < -0.4 is 0 Å². The van der Waals surface area contributed by atoms with Gasteiger partial charge in [0.2, 0.25) is 0 Å². The van der Waals surface area contributed by atoms with Gasteiger partial charge in [-0.25, -0.2) is 4.68 Å². The van der Waals surface area contributed by atoms with Crippen LogP contribution >= 0.6 is 11.6 Å². The van der Waals surface area contributed by atoms with E-state index in [1.807, 2.05) is 60.8 Å². The van der Waals surface area contributed by atoms with Crippen LogP contribution in [-0.4, -0.2) is 15.6 Å². The number of rotatable bonds is 2. The summed E-state index contributed by atoms with van der Waals surface area (Å²) in [5, 5.41) is 5.04. The molecule has 1 aliphatic carbocycles. The van der Waals surface area contributed by atoms with E-state index in [2.05, 4.69) is 5.10 Å². The molecule has 4 heteroatoms. The molecule has 3 nitrogen and oxygen atoms in total. The van der Waals surface area contributed by atoms with Gasteiger partial charge in [-0.3, -0.25) is 4.79 Å². The Morgan fingerprint density at radius 2 is 1.87 bits per heavy atom. The quantitative estimate of drug-likeness (QED) is 0.658. The van der Waals surface area contributed by atoms with Crippen molar-refractivity contribution in [3.8, 4) is 5.69 Å². The van der Waals surface area contributed by atoms with Crippen LogP contribution in [0.4, 0.5) is 0 Å². The number of nitrogens with zero attached hydrogens (tertiary/aromatic N) is 2. The van der Waals surface area contributed by atoms with E-state index in [1.54, 1.807) is 10.9 Å². The fourth-order valence-electron chi connectivity index (χ4n) is 2.82. The maximum Gasteiger partial charge on any atom is 0.189 e. The largest absolute Gasteiger partial charge is 0.289 e. The predicted octanol–water partition coefficient (Wildman–Crippen LogP) is 4.35. The molecular formula is C19H13ClN2O. The van der Waals surface area contributed by atoms with Gasteiger partial charge in [-0.05, 0) is 35.9 Å². The number of carbonyl (C=O) groups excluding carboxylic acids is 1. The maximum absolute atomic E-state index is 12.4. The second-order valence-electron chi connectivity index (χ2n) is 5.53. The lowest BCUT2D eigenvalue weighted by molar-refractivity contribution is 0.104. The van der Waals surface area contributed by atoms with Crippen LogP contribution in [0.2, 0.25) is 5.02 Å². The highest BCUT2D eigenvalue weighted by Gasteiger charge is 2.23. The second kappa shape index (κ2) is 5.52. The Labute approximate surface area is 138 Å². The average molecular weight is 321 g/mol. The van der Waals surface area contributed by atoms with Crippen molar-refractivity contribution in [1.29, 1.82) is 0 Å². The van der Waals surface area contributed by atoms with Crippen LogP contribution in [0.1, 0.15) is 21.5 Å². The number of allylic oxidation sites excluding steroid dienone is 1. The third-order valence-electron chi connectivity index (χ3n) is 3.97. The van der Waals surface area contributed by atoms with Crippen molar-refractivity contribution in [1.82, 2.24) is 9.78 Å². The van der Waals surface area contributed by atoms with Gasteiger partial charge in [-0.1, -0.05) is 35.9 Å². The van der Waals surface area contributed by atoms with Crippen LogP contribution in [0.5, 0.6) is 0 Å². The fourth-order valence-corrected chi connectivity index (χ4v) is 2.94. The number of aromatic nitrogens is 2. The first-order chi connectivity index (χ1) is 11.2. The van der Waals surface area contributed by atoms with Gasteiger partial charge in [0.25, 0.3) is 0 Å². The van der Waals surface area contributed by atoms with Crippen molar-refractivity contribution in [3.63, 3.8) is 0 Å². The first-order valence-corrected chi connectivity index (χ1v) is 7.72. The number of halogens is 1. The highest BCUT2D eigenvalue weighted by atomic mass is 35.5. The summed E-state index contributed by atoms with van der Waals surface area (Å²) in [5.74, 6) is 0.111. The Morgan fingerprint density at radius 3 is 2.65 bits per heavy atom. The van der Waals surface area contributed by atoms with Crippen molar-refractivity contribution < 1.29 is 4.79 Å². The van der Waals surface area contributed by atoms with Gasteiger partial charge in [-0.15, -0.1) is 0 Å². The fraction of sp³-hybridized carbons (Fsp3) is 0.0526. The first kappa shape index (κ1) is 14.0. The van der Waals surface area contributed by atoms with Gasteiger partial charge in [0.1, 0.15) is 0 Å². The summed E-state index contributed by atoms with van der Waals surface area (Å²) in [6.45, 7) is 0. The standard InChI is InChI=1S/C19H13ClN2O/c20-16-5-7-17(8-6-16)22-12-13(11-21-22)9-15-10-14-3-1-2-4-18(14)19(15)23/h1-9,11-12H,10H2/b15-9-. The van der Waals surface area contributed by atoms with E-state index >= 15 is 0 Å². The lowest BCUT2D eigenvalue weighted by Crippen LogP contribution is -1.95. The summed E-state index contributed by atoms with van der Waals surface area (Å²) in [6, 6.07) is 15.2. The van der Waals surface area contributed by atoms with Crippen LogP contribution in [0.3, 0.4) is 0 Å². The summed E-state index contributed by atoms with van der Waals surface area (Å²) >= 11 is 5.90. The van der Waals surface area contributed by atoms with Gasteiger partial charge in [0, 0.05) is 34.3 Å². The molecule has 0 fully saturated rings. The summed E-state index contributed by atoms with van der Waals surface area (Å²) in [4.78, 5) is 12.4. The Balaban J connectivity index is 1.64. The molecule has 3 aromatic rings. The minimum absolute atomic E-state index is 0.111. The molecule has 0 aliphatic heterocycles. The molecule has 112 valence electrons.